The summed E-state index contributed by atoms with van der Waals surface area (Å²) in [6.45, 7) is 0.788. The van der Waals surface area contributed by atoms with Gasteiger partial charge < -0.3 is 29.6 Å². The molecule has 148 valence electrons. The molecule has 0 amide bonds. The van der Waals surface area contributed by atoms with Crippen molar-refractivity contribution in [2.75, 3.05) is 45.4 Å². The van der Waals surface area contributed by atoms with E-state index >= 15 is 0 Å². The summed E-state index contributed by atoms with van der Waals surface area (Å²) in [6.07, 6.45) is 0. The summed E-state index contributed by atoms with van der Waals surface area (Å²) in [6, 6.07) is 8.82. The Morgan fingerprint density at radius 1 is 1.04 bits per heavy atom. The van der Waals surface area contributed by atoms with Gasteiger partial charge in [0.2, 0.25) is 5.88 Å². The van der Waals surface area contributed by atoms with Crippen molar-refractivity contribution in [2.24, 2.45) is 0 Å². The van der Waals surface area contributed by atoms with Crippen molar-refractivity contribution >= 4 is 16.7 Å². The number of H-pyrrole nitrogens is 1. The number of nitrogens with one attached hydrogen (secondary N) is 1. The van der Waals surface area contributed by atoms with Crippen LogP contribution >= 0.6 is 0 Å². The molecule has 3 N–H and O–H groups in total. The molecule has 28 heavy (non-hydrogen) atoms. The maximum atomic E-state index is 12.6. The number of ether oxygens (including phenoxy) is 2. The van der Waals surface area contributed by atoms with Crippen molar-refractivity contribution in [3.8, 4) is 23.0 Å². The van der Waals surface area contributed by atoms with Gasteiger partial charge in [0.25, 0.3) is 5.56 Å². The minimum absolute atomic E-state index is 0.0172. The van der Waals surface area contributed by atoms with E-state index < -0.39 is 0 Å². The van der Waals surface area contributed by atoms with Gasteiger partial charge in [0.1, 0.15) is 17.0 Å². The summed E-state index contributed by atoms with van der Waals surface area (Å²) in [4.78, 5) is 25.9. The molecule has 0 spiro atoms. The Labute approximate surface area is 161 Å². The van der Waals surface area contributed by atoms with Gasteiger partial charge in [0.05, 0.1) is 27.4 Å². The van der Waals surface area contributed by atoms with Crippen LogP contribution in [0.1, 0.15) is 0 Å². The molecule has 3 aromatic rings. The minimum Gasteiger partial charge on any atom is -0.496 e. The highest BCUT2D eigenvalue weighted by Crippen LogP contribution is 2.26. The van der Waals surface area contributed by atoms with Crippen LogP contribution in [-0.4, -0.2) is 65.7 Å². The zero-order chi connectivity index (χ0) is 20.1. The molecule has 0 saturated carbocycles. The van der Waals surface area contributed by atoms with E-state index in [1.54, 1.807) is 12.1 Å². The standard InChI is InChI=1S/C19H22N4O5/c1-27-14-11-15(28-2)20-18-16(14)19(26)22-17(21-18)12-3-5-13(6-4-12)23(7-9-24)8-10-25/h3-6,11,24-25H,7-10H2,1-2H3,(H,20,21,22,26). The number of aromatic nitrogens is 3. The molecule has 9 nitrogen and oxygen atoms in total. The van der Waals surface area contributed by atoms with Crippen molar-refractivity contribution in [3.63, 3.8) is 0 Å². The maximum Gasteiger partial charge on any atom is 0.264 e. The smallest absolute Gasteiger partial charge is 0.264 e. The number of aromatic amines is 1. The predicted octanol–water partition coefficient (Wildman–Crippen LogP) is 0.793. The Bertz CT molecular complexity index is 998. The van der Waals surface area contributed by atoms with Gasteiger partial charge in [-0.05, 0) is 24.3 Å². The Balaban J connectivity index is 2.03. The summed E-state index contributed by atoms with van der Waals surface area (Å²) in [5.74, 6) is 0.997. The predicted molar refractivity (Wildman–Crippen MR) is 105 cm³/mol. The van der Waals surface area contributed by atoms with Crippen molar-refractivity contribution in [3.05, 3.63) is 40.7 Å². The highest BCUT2D eigenvalue weighted by Gasteiger charge is 2.14. The molecule has 0 aliphatic heterocycles. The van der Waals surface area contributed by atoms with Gasteiger partial charge in [-0.25, -0.2) is 4.98 Å². The molecular formula is C19H22N4O5. The van der Waals surface area contributed by atoms with Gasteiger partial charge in [0.15, 0.2) is 5.65 Å². The lowest BCUT2D eigenvalue weighted by atomic mass is 10.1. The Kier molecular flexibility index (Phi) is 6.07. The first-order valence-corrected chi connectivity index (χ1v) is 8.71. The number of benzene rings is 1. The monoisotopic (exact) mass is 386 g/mol. The average molecular weight is 386 g/mol. The zero-order valence-electron chi connectivity index (χ0n) is 15.7. The zero-order valence-corrected chi connectivity index (χ0v) is 15.7. The molecule has 0 fully saturated rings. The number of anilines is 1. The second-order valence-corrected chi connectivity index (χ2v) is 5.96. The van der Waals surface area contributed by atoms with Gasteiger partial charge in [-0.1, -0.05) is 0 Å². The number of fused-ring (bicyclic) bond motifs is 1. The molecule has 0 radical (unpaired) electrons. The molecule has 0 aliphatic carbocycles. The molecule has 0 aliphatic rings. The van der Waals surface area contributed by atoms with Gasteiger partial charge >= 0.3 is 0 Å². The summed E-state index contributed by atoms with van der Waals surface area (Å²) >= 11 is 0. The fourth-order valence-electron chi connectivity index (χ4n) is 2.93. The van der Waals surface area contributed by atoms with Crippen molar-refractivity contribution in [2.45, 2.75) is 0 Å². The lowest BCUT2D eigenvalue weighted by molar-refractivity contribution is 0.281. The number of hydrogen-bond acceptors (Lipinski definition) is 8. The number of methoxy groups -OCH3 is 2. The Morgan fingerprint density at radius 2 is 1.71 bits per heavy atom. The van der Waals surface area contributed by atoms with E-state index in [1.165, 1.54) is 20.3 Å². The van der Waals surface area contributed by atoms with E-state index in [-0.39, 0.29) is 29.8 Å². The average Bonchev–Trinajstić information content (AvgIpc) is 2.72. The second kappa shape index (κ2) is 8.68. The first-order chi connectivity index (χ1) is 13.6. The van der Waals surface area contributed by atoms with Crippen LogP contribution in [0, 0.1) is 0 Å². The lowest BCUT2D eigenvalue weighted by Crippen LogP contribution is -2.29. The molecule has 0 saturated heterocycles. The first kappa shape index (κ1) is 19.6. The van der Waals surface area contributed by atoms with E-state index in [4.69, 9.17) is 9.47 Å². The van der Waals surface area contributed by atoms with E-state index in [0.717, 1.165) is 5.69 Å². The van der Waals surface area contributed by atoms with Crippen LogP contribution in [0.3, 0.4) is 0 Å². The third kappa shape index (κ3) is 3.90. The van der Waals surface area contributed by atoms with Crippen molar-refractivity contribution < 1.29 is 19.7 Å². The van der Waals surface area contributed by atoms with Gasteiger partial charge in [-0.3, -0.25) is 4.79 Å². The topological polar surface area (TPSA) is 121 Å². The highest BCUT2D eigenvalue weighted by molar-refractivity contribution is 5.83. The van der Waals surface area contributed by atoms with E-state index in [2.05, 4.69) is 15.0 Å². The number of aliphatic hydroxyl groups is 2. The quantitative estimate of drug-likeness (QED) is 0.520. The van der Waals surface area contributed by atoms with Gasteiger partial charge in [-0.15, -0.1) is 0 Å². The molecule has 0 unspecified atom stereocenters. The fourth-order valence-corrected chi connectivity index (χ4v) is 2.93. The SMILES string of the molecule is COc1cc(OC)c2c(=O)[nH]c(-c3ccc(N(CCO)CCO)cc3)nc2n1. The molecule has 0 atom stereocenters. The largest absolute Gasteiger partial charge is 0.496 e. The third-order valence-electron chi connectivity index (χ3n) is 4.29. The van der Waals surface area contributed by atoms with Crippen LogP contribution in [0.2, 0.25) is 0 Å². The van der Waals surface area contributed by atoms with Crippen LogP contribution in [0.5, 0.6) is 11.6 Å². The number of aliphatic hydroxyl groups excluding tert-OH is 2. The molecule has 2 heterocycles. The minimum atomic E-state index is -0.363. The summed E-state index contributed by atoms with van der Waals surface area (Å²) < 4.78 is 10.4. The maximum absolute atomic E-state index is 12.6. The molecule has 2 aromatic heterocycles. The number of rotatable bonds is 8. The van der Waals surface area contributed by atoms with Crippen LogP contribution < -0.4 is 19.9 Å². The number of hydrogen-bond donors (Lipinski definition) is 3. The second-order valence-electron chi connectivity index (χ2n) is 5.96. The Morgan fingerprint density at radius 3 is 2.29 bits per heavy atom. The number of nitrogens with zero attached hydrogens (tertiary/aromatic N) is 3. The van der Waals surface area contributed by atoms with E-state index in [0.29, 0.717) is 36.1 Å². The van der Waals surface area contributed by atoms with Crippen LogP contribution in [0.25, 0.3) is 22.4 Å². The van der Waals surface area contributed by atoms with Crippen molar-refractivity contribution in [1.82, 2.24) is 15.0 Å². The number of pyridine rings is 1. The molecular weight excluding hydrogens is 364 g/mol. The fraction of sp³-hybridized carbons (Fsp3) is 0.316. The van der Waals surface area contributed by atoms with Gasteiger partial charge in [-0.2, -0.15) is 4.98 Å². The molecule has 0 bridgehead atoms. The first-order valence-electron chi connectivity index (χ1n) is 8.71. The summed E-state index contributed by atoms with van der Waals surface area (Å²) in [5, 5.41) is 18.6. The van der Waals surface area contributed by atoms with Gasteiger partial charge in [0, 0.05) is 30.4 Å². The molecule has 9 heteroatoms. The summed E-state index contributed by atoms with van der Waals surface area (Å²) in [5.41, 5.74) is 1.40. The Hall–Kier alpha value is -3.17. The van der Waals surface area contributed by atoms with E-state index in [1.807, 2.05) is 17.0 Å². The van der Waals surface area contributed by atoms with E-state index in [9.17, 15) is 15.0 Å². The highest BCUT2D eigenvalue weighted by atomic mass is 16.5. The van der Waals surface area contributed by atoms with Crippen LogP contribution in [0.4, 0.5) is 5.69 Å². The normalized spacial score (nSPS) is 10.9. The van der Waals surface area contributed by atoms with Crippen molar-refractivity contribution in [1.29, 1.82) is 0 Å². The van der Waals surface area contributed by atoms with Crippen LogP contribution in [0.15, 0.2) is 35.1 Å². The molecule has 1 aromatic carbocycles. The third-order valence-corrected chi connectivity index (χ3v) is 4.29. The lowest BCUT2D eigenvalue weighted by Gasteiger charge is -2.23. The summed E-state index contributed by atoms with van der Waals surface area (Å²) in [7, 11) is 2.94. The molecule has 3 rings (SSSR count). The van der Waals surface area contributed by atoms with Crippen LogP contribution in [-0.2, 0) is 0 Å².